The molecule has 0 aliphatic carbocycles. The van der Waals surface area contributed by atoms with Gasteiger partial charge in [0.25, 0.3) is 0 Å². The summed E-state index contributed by atoms with van der Waals surface area (Å²) in [6.45, 7) is 2.26. The molecule has 0 radical (unpaired) electrons. The molecule has 1 saturated heterocycles. The molecule has 7 heteroatoms. The number of benzene rings is 1. The Hall–Kier alpha value is -3.09. The Morgan fingerprint density at radius 3 is 2.84 bits per heavy atom. The fraction of sp³-hybridized carbons (Fsp3) is 0.278. The summed E-state index contributed by atoms with van der Waals surface area (Å²) in [4.78, 5) is 30.4. The van der Waals surface area contributed by atoms with Gasteiger partial charge in [-0.1, -0.05) is 6.07 Å². The van der Waals surface area contributed by atoms with E-state index in [9.17, 15) is 9.59 Å². The van der Waals surface area contributed by atoms with Crippen molar-refractivity contribution >= 4 is 29.0 Å². The molecule has 1 aromatic carbocycles. The molecule has 130 valence electrons. The molecule has 1 unspecified atom stereocenters. The minimum absolute atomic E-state index is 0.0977. The fourth-order valence-corrected chi connectivity index (χ4v) is 2.85. The Bertz CT molecular complexity index is 804. The number of pyridine rings is 1. The zero-order valence-corrected chi connectivity index (χ0v) is 14.2. The molecular formula is C18H20N4O3. The molecule has 25 heavy (non-hydrogen) atoms. The van der Waals surface area contributed by atoms with Crippen LogP contribution in [-0.2, 0) is 9.59 Å². The molecule has 1 aromatic heterocycles. The van der Waals surface area contributed by atoms with Gasteiger partial charge in [0.2, 0.25) is 11.8 Å². The fourth-order valence-electron chi connectivity index (χ4n) is 2.85. The van der Waals surface area contributed by atoms with Crippen molar-refractivity contribution in [1.82, 2.24) is 4.98 Å². The van der Waals surface area contributed by atoms with Crippen molar-refractivity contribution < 1.29 is 14.3 Å². The van der Waals surface area contributed by atoms with Crippen LogP contribution in [0.4, 0.5) is 17.2 Å². The normalized spacial score (nSPS) is 16.8. The lowest BCUT2D eigenvalue weighted by Gasteiger charge is -2.20. The van der Waals surface area contributed by atoms with E-state index in [1.807, 2.05) is 25.1 Å². The van der Waals surface area contributed by atoms with Crippen LogP contribution < -0.4 is 20.7 Å². The summed E-state index contributed by atoms with van der Waals surface area (Å²) in [5, 5.41) is 2.78. The van der Waals surface area contributed by atoms with Crippen molar-refractivity contribution in [3.63, 3.8) is 0 Å². The van der Waals surface area contributed by atoms with Gasteiger partial charge >= 0.3 is 0 Å². The number of anilines is 3. The maximum Gasteiger partial charge on any atom is 0.229 e. The van der Waals surface area contributed by atoms with Crippen LogP contribution in [0.15, 0.2) is 36.5 Å². The predicted molar refractivity (Wildman–Crippen MR) is 95.5 cm³/mol. The molecule has 2 amide bonds. The zero-order chi connectivity index (χ0) is 18.0. The second-order valence-electron chi connectivity index (χ2n) is 6.04. The standard InChI is InChI=1S/C18H20N4O3/c1-11-3-5-15(25-2)14(7-11)22-10-12(8-17(22)23)18(24)21-13-4-6-16(19)20-9-13/h3-7,9,12H,8,10H2,1-2H3,(H2,19,20)(H,21,24). The quantitative estimate of drug-likeness (QED) is 0.887. The summed E-state index contributed by atoms with van der Waals surface area (Å²) in [7, 11) is 1.56. The summed E-state index contributed by atoms with van der Waals surface area (Å²) in [6, 6.07) is 8.92. The molecule has 1 fully saturated rings. The van der Waals surface area contributed by atoms with Gasteiger partial charge in [-0.25, -0.2) is 4.98 Å². The number of nitrogens with two attached hydrogens (primary N) is 1. The highest BCUT2D eigenvalue weighted by Gasteiger charge is 2.36. The third-order valence-corrected chi connectivity index (χ3v) is 4.17. The van der Waals surface area contributed by atoms with Crippen molar-refractivity contribution in [3.05, 3.63) is 42.1 Å². The zero-order valence-electron chi connectivity index (χ0n) is 14.2. The van der Waals surface area contributed by atoms with Crippen molar-refractivity contribution in [3.8, 4) is 5.75 Å². The van der Waals surface area contributed by atoms with E-state index in [0.29, 0.717) is 29.5 Å². The number of nitrogens with zero attached hydrogens (tertiary/aromatic N) is 2. The first-order valence-electron chi connectivity index (χ1n) is 7.95. The van der Waals surface area contributed by atoms with Crippen LogP contribution in [0.5, 0.6) is 5.75 Å². The number of hydrogen-bond acceptors (Lipinski definition) is 5. The van der Waals surface area contributed by atoms with E-state index >= 15 is 0 Å². The number of methoxy groups -OCH3 is 1. The topological polar surface area (TPSA) is 97.6 Å². The van der Waals surface area contributed by atoms with Gasteiger partial charge in [-0.05, 0) is 36.8 Å². The molecule has 2 aromatic rings. The van der Waals surface area contributed by atoms with E-state index in [1.54, 1.807) is 24.1 Å². The maximum atomic E-state index is 12.5. The van der Waals surface area contributed by atoms with Crippen LogP contribution in [0.3, 0.4) is 0 Å². The molecule has 1 atom stereocenters. The molecule has 1 aliphatic heterocycles. The highest BCUT2D eigenvalue weighted by atomic mass is 16.5. The van der Waals surface area contributed by atoms with Gasteiger partial charge in [0.05, 0.1) is 30.6 Å². The van der Waals surface area contributed by atoms with Gasteiger partial charge in [-0.3, -0.25) is 9.59 Å². The average molecular weight is 340 g/mol. The number of ether oxygens (including phenoxy) is 1. The Kier molecular flexibility index (Phi) is 4.56. The van der Waals surface area contributed by atoms with E-state index in [1.165, 1.54) is 6.20 Å². The van der Waals surface area contributed by atoms with Gasteiger partial charge in [0.15, 0.2) is 0 Å². The van der Waals surface area contributed by atoms with Gasteiger partial charge < -0.3 is 20.7 Å². The lowest BCUT2D eigenvalue weighted by Crippen LogP contribution is -2.28. The molecule has 3 rings (SSSR count). The van der Waals surface area contributed by atoms with Crippen LogP contribution >= 0.6 is 0 Å². The number of aryl methyl sites for hydroxylation is 1. The van der Waals surface area contributed by atoms with Crippen molar-refractivity contribution in [2.24, 2.45) is 5.92 Å². The van der Waals surface area contributed by atoms with E-state index in [2.05, 4.69) is 10.3 Å². The summed E-state index contributed by atoms with van der Waals surface area (Å²) >= 11 is 0. The predicted octanol–water partition coefficient (Wildman–Crippen LogP) is 1.97. The Labute approximate surface area is 145 Å². The van der Waals surface area contributed by atoms with Crippen molar-refractivity contribution in [1.29, 1.82) is 0 Å². The third kappa shape index (κ3) is 3.55. The summed E-state index contributed by atoms with van der Waals surface area (Å²) in [6.07, 6.45) is 1.65. The van der Waals surface area contributed by atoms with E-state index in [-0.39, 0.29) is 18.2 Å². The van der Waals surface area contributed by atoms with Crippen LogP contribution in [0.25, 0.3) is 0 Å². The Morgan fingerprint density at radius 1 is 1.36 bits per heavy atom. The molecule has 0 spiro atoms. The molecule has 3 N–H and O–H groups in total. The largest absolute Gasteiger partial charge is 0.495 e. The van der Waals surface area contributed by atoms with Crippen molar-refractivity contribution in [2.45, 2.75) is 13.3 Å². The average Bonchev–Trinajstić information content (AvgIpc) is 2.98. The second-order valence-corrected chi connectivity index (χ2v) is 6.04. The highest BCUT2D eigenvalue weighted by molar-refractivity contribution is 6.04. The molecule has 7 nitrogen and oxygen atoms in total. The number of carbonyl (C=O) groups is 2. The first-order chi connectivity index (χ1) is 12.0. The van der Waals surface area contributed by atoms with Crippen LogP contribution in [0.2, 0.25) is 0 Å². The summed E-state index contributed by atoms with van der Waals surface area (Å²) in [5.41, 5.74) is 7.80. The molecule has 2 heterocycles. The number of amides is 2. The second kappa shape index (κ2) is 6.80. The minimum atomic E-state index is -0.435. The Morgan fingerprint density at radius 2 is 2.16 bits per heavy atom. The van der Waals surface area contributed by atoms with Crippen LogP contribution in [0, 0.1) is 12.8 Å². The number of hydrogen-bond donors (Lipinski definition) is 2. The molecule has 0 bridgehead atoms. The smallest absolute Gasteiger partial charge is 0.229 e. The van der Waals surface area contributed by atoms with Gasteiger partial charge in [-0.2, -0.15) is 0 Å². The first-order valence-corrected chi connectivity index (χ1v) is 7.95. The number of aromatic nitrogens is 1. The van der Waals surface area contributed by atoms with E-state index in [4.69, 9.17) is 10.5 Å². The first kappa shape index (κ1) is 16.8. The van der Waals surface area contributed by atoms with Gasteiger partial charge in [0.1, 0.15) is 11.6 Å². The van der Waals surface area contributed by atoms with Gasteiger partial charge in [-0.15, -0.1) is 0 Å². The minimum Gasteiger partial charge on any atom is -0.495 e. The van der Waals surface area contributed by atoms with Crippen LogP contribution in [0.1, 0.15) is 12.0 Å². The SMILES string of the molecule is COc1ccc(C)cc1N1CC(C(=O)Nc2ccc(N)nc2)CC1=O. The lowest BCUT2D eigenvalue weighted by molar-refractivity contribution is -0.122. The van der Waals surface area contributed by atoms with E-state index < -0.39 is 5.92 Å². The molecule has 0 saturated carbocycles. The third-order valence-electron chi connectivity index (χ3n) is 4.17. The van der Waals surface area contributed by atoms with Gasteiger partial charge in [0, 0.05) is 13.0 Å². The number of rotatable bonds is 4. The number of carbonyl (C=O) groups excluding carboxylic acids is 2. The molecular weight excluding hydrogens is 320 g/mol. The molecule has 1 aliphatic rings. The number of nitrogen functional groups attached to an aromatic ring is 1. The maximum absolute atomic E-state index is 12.5. The summed E-state index contributed by atoms with van der Waals surface area (Å²) < 4.78 is 5.35. The van der Waals surface area contributed by atoms with Crippen molar-refractivity contribution in [2.75, 3.05) is 29.6 Å². The Balaban J connectivity index is 1.75. The van der Waals surface area contributed by atoms with Crippen LogP contribution in [-0.4, -0.2) is 30.5 Å². The monoisotopic (exact) mass is 340 g/mol. The van der Waals surface area contributed by atoms with E-state index in [0.717, 1.165) is 5.56 Å². The summed E-state index contributed by atoms with van der Waals surface area (Å²) in [5.74, 6) is 0.248. The highest BCUT2D eigenvalue weighted by Crippen LogP contribution is 2.34. The number of nitrogens with one attached hydrogen (secondary N) is 1. The lowest BCUT2D eigenvalue weighted by atomic mass is 10.1.